The highest BCUT2D eigenvalue weighted by atomic mass is 32.1. The Bertz CT molecular complexity index is 3150. The number of rotatable bonds is 5. The fourth-order valence-electron chi connectivity index (χ4n) is 7.97. The molecule has 0 N–H and O–H groups in total. The second-order valence-corrected chi connectivity index (χ2v) is 15.1. The Morgan fingerprint density at radius 2 is 0.564 bits per heavy atom. The molecule has 0 amide bonds. The van der Waals surface area contributed by atoms with E-state index in [9.17, 15) is 0 Å². The van der Waals surface area contributed by atoms with E-state index in [2.05, 4.69) is 127 Å². The van der Waals surface area contributed by atoms with Crippen LogP contribution in [0.25, 0.3) is 109 Å². The zero-order chi connectivity index (χ0) is 36.3. The zero-order valence-corrected chi connectivity index (χ0v) is 30.5. The van der Waals surface area contributed by atoms with Gasteiger partial charge >= 0.3 is 0 Å². The van der Waals surface area contributed by atoms with Crippen molar-refractivity contribution in [2.45, 2.75) is 0 Å². The monoisotopic (exact) mass is 717 g/mol. The summed E-state index contributed by atoms with van der Waals surface area (Å²) in [4.78, 5) is 14.7. The van der Waals surface area contributed by atoms with Gasteiger partial charge in [-0.3, -0.25) is 0 Å². The lowest BCUT2D eigenvalue weighted by Crippen LogP contribution is -2.00. The third-order valence-corrected chi connectivity index (χ3v) is 11.8. The first-order valence-electron chi connectivity index (χ1n) is 18.5. The normalized spacial score (nSPS) is 11.6. The average molecular weight is 718 g/mol. The quantitative estimate of drug-likeness (QED) is 0.166. The lowest BCUT2D eigenvalue weighted by Gasteiger charge is -2.12. The van der Waals surface area contributed by atoms with Gasteiger partial charge in [0.1, 0.15) is 0 Å². The Kier molecular flexibility index (Phi) is 7.35. The molecule has 55 heavy (non-hydrogen) atoms. The first-order valence-corrected chi connectivity index (χ1v) is 19.3. The summed E-state index contributed by atoms with van der Waals surface area (Å²) < 4.78 is 2.57. The molecule has 0 spiro atoms. The molecule has 0 radical (unpaired) electrons. The van der Waals surface area contributed by atoms with Gasteiger partial charge < -0.3 is 0 Å². The first-order chi connectivity index (χ1) is 27.2. The highest BCUT2D eigenvalue weighted by molar-refractivity contribution is 7.25. The van der Waals surface area contributed by atoms with Gasteiger partial charge in [0, 0.05) is 36.9 Å². The maximum absolute atomic E-state index is 4.92. The van der Waals surface area contributed by atoms with Gasteiger partial charge in [-0.15, -0.1) is 11.3 Å². The van der Waals surface area contributed by atoms with Crippen molar-refractivity contribution in [1.29, 1.82) is 0 Å². The minimum atomic E-state index is 0.656. The van der Waals surface area contributed by atoms with E-state index in [1.165, 1.54) is 69.2 Å². The number of thiophene rings is 1. The Morgan fingerprint density at radius 3 is 1.05 bits per heavy atom. The number of nitrogens with zero attached hydrogens (tertiary/aromatic N) is 3. The molecule has 0 atom stereocenters. The Morgan fingerprint density at radius 1 is 0.236 bits per heavy atom. The maximum atomic E-state index is 4.92. The van der Waals surface area contributed by atoms with Gasteiger partial charge in [-0.25, -0.2) is 15.0 Å². The second-order valence-electron chi connectivity index (χ2n) is 14.0. The van der Waals surface area contributed by atoms with E-state index in [1.807, 2.05) is 72.0 Å². The molecule has 0 aliphatic rings. The number of hydrogen-bond donors (Lipinski definition) is 0. The van der Waals surface area contributed by atoms with Crippen LogP contribution in [0.3, 0.4) is 0 Å². The molecule has 0 saturated carbocycles. The lowest BCUT2D eigenvalue weighted by atomic mass is 9.92. The van der Waals surface area contributed by atoms with Crippen LogP contribution in [0, 0.1) is 0 Å². The molecule has 2 heterocycles. The molecule has 256 valence electrons. The lowest BCUT2D eigenvalue weighted by molar-refractivity contribution is 1.07. The van der Waals surface area contributed by atoms with Crippen molar-refractivity contribution < 1.29 is 0 Å². The van der Waals surface area contributed by atoms with Gasteiger partial charge in [0.15, 0.2) is 17.5 Å². The van der Waals surface area contributed by atoms with Crippen molar-refractivity contribution in [1.82, 2.24) is 15.0 Å². The van der Waals surface area contributed by atoms with Crippen LogP contribution in [0.15, 0.2) is 188 Å². The van der Waals surface area contributed by atoms with E-state index >= 15 is 0 Å². The number of hydrogen-bond acceptors (Lipinski definition) is 4. The zero-order valence-electron chi connectivity index (χ0n) is 29.6. The van der Waals surface area contributed by atoms with E-state index in [1.54, 1.807) is 0 Å². The van der Waals surface area contributed by atoms with Crippen molar-refractivity contribution >= 4 is 63.8 Å². The van der Waals surface area contributed by atoms with Gasteiger partial charge in [-0.1, -0.05) is 170 Å². The fraction of sp³-hybridized carbons (Fsp3) is 0. The van der Waals surface area contributed by atoms with Crippen LogP contribution < -0.4 is 0 Å². The summed E-state index contributed by atoms with van der Waals surface area (Å²) in [7, 11) is 0. The number of aromatic nitrogens is 3. The topological polar surface area (TPSA) is 38.7 Å². The highest BCUT2D eigenvalue weighted by Crippen LogP contribution is 2.41. The summed E-state index contributed by atoms with van der Waals surface area (Å²) in [6.07, 6.45) is 0. The van der Waals surface area contributed by atoms with E-state index in [-0.39, 0.29) is 0 Å². The van der Waals surface area contributed by atoms with Crippen molar-refractivity contribution in [3.05, 3.63) is 188 Å². The Balaban J connectivity index is 0.942. The largest absolute Gasteiger partial charge is 0.208 e. The van der Waals surface area contributed by atoms with Crippen LogP contribution in [0.5, 0.6) is 0 Å². The summed E-state index contributed by atoms with van der Waals surface area (Å²) in [6, 6.07) is 67.0. The van der Waals surface area contributed by atoms with E-state index in [0.717, 1.165) is 22.3 Å². The third kappa shape index (κ3) is 5.46. The van der Waals surface area contributed by atoms with E-state index in [4.69, 9.17) is 15.0 Å². The molecule has 0 fully saturated rings. The maximum Gasteiger partial charge on any atom is 0.164 e. The SMILES string of the molecule is c1ccc(-c2nc(-c3ccccc3)nc(-c3ccc(-c4ccc5c(c4)sc4cc(-c6ccc7c8ccccc8c8ccccc8c7c6)ccc45)cc3)n2)cc1. The molecule has 11 aromatic rings. The molecule has 3 nitrogen and oxygen atoms in total. The predicted molar refractivity (Wildman–Crippen MR) is 232 cm³/mol. The molecule has 0 aliphatic heterocycles. The standard InChI is InChI=1S/C51H31N3S/c1-3-11-33(12-4-1)49-52-50(34-13-5-2-6-14-34)54-51(53-49)35-21-19-32(20-22-35)37-24-27-44-45-28-25-38(31-48(45)55-47(44)30-37)36-23-26-43-41-17-8-7-15-39(41)40-16-9-10-18-42(40)46(43)29-36/h1-31H. The van der Waals surface area contributed by atoms with Crippen LogP contribution in [0.4, 0.5) is 0 Å². The molecule has 4 heteroatoms. The molecule has 2 aromatic heterocycles. The van der Waals surface area contributed by atoms with Crippen LogP contribution >= 0.6 is 11.3 Å². The van der Waals surface area contributed by atoms with Gasteiger partial charge in [0.25, 0.3) is 0 Å². The van der Waals surface area contributed by atoms with E-state index < -0.39 is 0 Å². The molecule has 0 saturated heterocycles. The minimum absolute atomic E-state index is 0.656. The van der Waals surface area contributed by atoms with Crippen molar-refractivity contribution in [3.63, 3.8) is 0 Å². The summed E-state index contributed by atoms with van der Waals surface area (Å²) >= 11 is 1.86. The molecule has 11 rings (SSSR count). The third-order valence-electron chi connectivity index (χ3n) is 10.7. The predicted octanol–water partition coefficient (Wildman–Crippen LogP) is 14.0. The molecule has 9 aromatic carbocycles. The van der Waals surface area contributed by atoms with Gasteiger partial charge in [0.05, 0.1) is 0 Å². The molecular weight excluding hydrogens is 687 g/mol. The highest BCUT2D eigenvalue weighted by Gasteiger charge is 2.14. The van der Waals surface area contributed by atoms with Crippen molar-refractivity contribution in [3.8, 4) is 56.4 Å². The fourth-order valence-corrected chi connectivity index (χ4v) is 9.16. The summed E-state index contributed by atoms with van der Waals surface area (Å²) in [5, 5.41) is 10.4. The van der Waals surface area contributed by atoms with Gasteiger partial charge in [-0.05, 0) is 72.8 Å². The smallest absolute Gasteiger partial charge is 0.164 e. The van der Waals surface area contributed by atoms with Crippen molar-refractivity contribution in [2.24, 2.45) is 0 Å². The Hall–Kier alpha value is -7.01. The molecular formula is C51H31N3S. The second kappa shape index (κ2) is 12.8. The van der Waals surface area contributed by atoms with Gasteiger partial charge in [-0.2, -0.15) is 0 Å². The van der Waals surface area contributed by atoms with Crippen LogP contribution in [-0.4, -0.2) is 15.0 Å². The van der Waals surface area contributed by atoms with Crippen molar-refractivity contribution in [2.75, 3.05) is 0 Å². The van der Waals surface area contributed by atoms with Crippen LogP contribution in [-0.2, 0) is 0 Å². The number of benzene rings is 9. The van der Waals surface area contributed by atoms with Crippen LogP contribution in [0.2, 0.25) is 0 Å². The number of fused-ring (bicyclic) bond motifs is 9. The summed E-state index contributed by atoms with van der Waals surface area (Å²) in [6.45, 7) is 0. The minimum Gasteiger partial charge on any atom is -0.208 e. The molecule has 0 bridgehead atoms. The molecule has 0 unspecified atom stereocenters. The Labute approximate surface area is 321 Å². The van der Waals surface area contributed by atoms with Crippen LogP contribution in [0.1, 0.15) is 0 Å². The summed E-state index contributed by atoms with van der Waals surface area (Å²) in [5.41, 5.74) is 7.68. The van der Waals surface area contributed by atoms with E-state index in [0.29, 0.717) is 17.5 Å². The summed E-state index contributed by atoms with van der Waals surface area (Å²) in [5.74, 6) is 1.98. The molecule has 0 aliphatic carbocycles. The van der Waals surface area contributed by atoms with Gasteiger partial charge in [0.2, 0.25) is 0 Å². The first kappa shape index (κ1) is 31.5. The average Bonchev–Trinajstić information content (AvgIpc) is 3.64.